The third kappa shape index (κ3) is 3.43. The van der Waals surface area contributed by atoms with Crippen molar-refractivity contribution < 1.29 is 0 Å². The van der Waals surface area contributed by atoms with Crippen LogP contribution in [-0.4, -0.2) is 35.5 Å². The number of nitrogens with zero attached hydrogens (tertiary/aromatic N) is 4. The van der Waals surface area contributed by atoms with Crippen molar-refractivity contribution in [1.82, 2.24) is 14.5 Å². The highest BCUT2D eigenvalue weighted by atomic mass is 16.1. The first-order valence-corrected chi connectivity index (χ1v) is 8.91. The van der Waals surface area contributed by atoms with Crippen molar-refractivity contribution in [2.75, 3.05) is 18.0 Å². The first kappa shape index (κ1) is 17.3. The Hall–Kier alpha value is -3.15. The van der Waals surface area contributed by atoms with Crippen LogP contribution in [0.5, 0.6) is 0 Å². The standard InChI is InChI=1S/C21H19BN4O/c1-25-20(27)13-19(15-8-10-23-11-9-15)24-21(25)26-12-4-5-16(14-26)17-6-2-3-7-18(17)22/h2-3,5-11,13H,4,12,14H2,1H3. The molecule has 0 bridgehead atoms. The summed E-state index contributed by atoms with van der Waals surface area (Å²) in [7, 11) is 7.91. The molecule has 3 aromatic rings. The maximum absolute atomic E-state index is 12.5. The number of rotatable bonds is 3. The second-order valence-electron chi connectivity index (χ2n) is 6.60. The fourth-order valence-electron chi connectivity index (χ4n) is 3.38. The summed E-state index contributed by atoms with van der Waals surface area (Å²) < 4.78 is 1.60. The number of benzene rings is 1. The second kappa shape index (κ2) is 7.23. The minimum atomic E-state index is -0.0814. The number of hydrogen-bond donors (Lipinski definition) is 0. The molecule has 0 aliphatic carbocycles. The van der Waals surface area contributed by atoms with Gasteiger partial charge in [0.15, 0.2) is 0 Å². The van der Waals surface area contributed by atoms with E-state index in [9.17, 15) is 4.79 Å². The Labute approximate surface area is 159 Å². The van der Waals surface area contributed by atoms with Gasteiger partial charge in [-0.05, 0) is 29.7 Å². The van der Waals surface area contributed by atoms with E-state index in [0.717, 1.165) is 35.1 Å². The molecule has 0 spiro atoms. The van der Waals surface area contributed by atoms with Gasteiger partial charge in [0.25, 0.3) is 5.56 Å². The molecule has 0 N–H and O–H groups in total. The SMILES string of the molecule is [B]c1ccccc1C1=CCCN(c2nc(-c3ccncc3)cc(=O)n2C)C1. The fourth-order valence-corrected chi connectivity index (χ4v) is 3.38. The predicted octanol–water partition coefficient (Wildman–Crippen LogP) is 1.93. The van der Waals surface area contributed by atoms with Crippen molar-refractivity contribution in [3.63, 3.8) is 0 Å². The van der Waals surface area contributed by atoms with Crippen LogP contribution in [0.4, 0.5) is 5.95 Å². The average molecular weight is 354 g/mol. The molecule has 5 nitrogen and oxygen atoms in total. The first-order chi connectivity index (χ1) is 13.1. The van der Waals surface area contributed by atoms with Crippen LogP contribution in [0.15, 0.2) is 65.7 Å². The summed E-state index contributed by atoms with van der Waals surface area (Å²) in [6.07, 6.45) is 6.49. The lowest BCUT2D eigenvalue weighted by atomic mass is 9.86. The van der Waals surface area contributed by atoms with Crippen LogP contribution in [0.2, 0.25) is 0 Å². The van der Waals surface area contributed by atoms with Gasteiger partial charge >= 0.3 is 0 Å². The van der Waals surface area contributed by atoms with Crippen LogP contribution in [0.25, 0.3) is 16.8 Å². The summed E-state index contributed by atoms with van der Waals surface area (Å²) in [6.45, 7) is 1.46. The highest BCUT2D eigenvalue weighted by molar-refractivity contribution is 6.34. The lowest BCUT2D eigenvalue weighted by molar-refractivity contribution is 0.727. The van der Waals surface area contributed by atoms with E-state index >= 15 is 0 Å². The van der Waals surface area contributed by atoms with Crippen LogP contribution in [0, 0.1) is 0 Å². The monoisotopic (exact) mass is 354 g/mol. The Morgan fingerprint density at radius 2 is 1.89 bits per heavy atom. The van der Waals surface area contributed by atoms with Gasteiger partial charge in [0.05, 0.1) is 5.69 Å². The van der Waals surface area contributed by atoms with Gasteiger partial charge in [-0.15, -0.1) is 0 Å². The molecule has 27 heavy (non-hydrogen) atoms. The summed E-state index contributed by atoms with van der Waals surface area (Å²) >= 11 is 0. The Bertz CT molecular complexity index is 1060. The highest BCUT2D eigenvalue weighted by Crippen LogP contribution is 2.24. The van der Waals surface area contributed by atoms with Gasteiger partial charge in [-0.3, -0.25) is 14.3 Å². The molecule has 132 valence electrons. The lowest BCUT2D eigenvalue weighted by Gasteiger charge is -2.30. The topological polar surface area (TPSA) is 51.0 Å². The molecule has 4 rings (SSSR count). The molecule has 0 fully saturated rings. The van der Waals surface area contributed by atoms with Crippen molar-refractivity contribution >= 4 is 24.8 Å². The zero-order valence-corrected chi connectivity index (χ0v) is 15.2. The Morgan fingerprint density at radius 1 is 1.11 bits per heavy atom. The first-order valence-electron chi connectivity index (χ1n) is 8.91. The van der Waals surface area contributed by atoms with Gasteiger partial charge < -0.3 is 4.90 Å². The molecular weight excluding hydrogens is 335 g/mol. The van der Waals surface area contributed by atoms with Gasteiger partial charge in [0, 0.05) is 44.2 Å². The normalized spacial score (nSPS) is 14.1. The molecule has 0 atom stereocenters. The molecule has 1 aromatic carbocycles. The number of aromatic nitrogens is 3. The summed E-state index contributed by atoms with van der Waals surface area (Å²) in [5.41, 5.74) is 4.41. The maximum atomic E-state index is 12.5. The molecule has 2 radical (unpaired) electrons. The van der Waals surface area contributed by atoms with E-state index < -0.39 is 0 Å². The highest BCUT2D eigenvalue weighted by Gasteiger charge is 2.20. The maximum Gasteiger partial charge on any atom is 0.255 e. The number of hydrogen-bond acceptors (Lipinski definition) is 4. The van der Waals surface area contributed by atoms with Gasteiger partial charge in [-0.2, -0.15) is 0 Å². The molecule has 0 saturated carbocycles. The smallest absolute Gasteiger partial charge is 0.255 e. The van der Waals surface area contributed by atoms with Crippen molar-refractivity contribution in [2.45, 2.75) is 6.42 Å². The zero-order chi connectivity index (χ0) is 18.8. The molecule has 3 heterocycles. The largest absolute Gasteiger partial charge is 0.338 e. The molecular formula is C21H19BN4O. The molecule has 2 aromatic heterocycles. The molecule has 6 heteroatoms. The van der Waals surface area contributed by atoms with Crippen LogP contribution in [0.3, 0.4) is 0 Å². The molecule has 0 saturated heterocycles. The van der Waals surface area contributed by atoms with Gasteiger partial charge in [0.2, 0.25) is 5.95 Å². The molecule has 1 aliphatic heterocycles. The summed E-state index contributed by atoms with van der Waals surface area (Å²) in [5, 5.41) is 0. The molecule has 0 amide bonds. The lowest BCUT2D eigenvalue weighted by Crippen LogP contribution is -2.36. The minimum absolute atomic E-state index is 0.0814. The second-order valence-corrected chi connectivity index (χ2v) is 6.60. The van der Waals surface area contributed by atoms with Crippen molar-refractivity contribution in [1.29, 1.82) is 0 Å². The van der Waals surface area contributed by atoms with Gasteiger partial charge in [-0.25, -0.2) is 4.98 Å². The molecule has 0 unspecified atom stereocenters. The van der Waals surface area contributed by atoms with Crippen molar-refractivity contribution in [3.8, 4) is 11.3 Å². The van der Waals surface area contributed by atoms with Crippen LogP contribution in [-0.2, 0) is 7.05 Å². The van der Waals surface area contributed by atoms with Crippen molar-refractivity contribution in [3.05, 3.63) is 76.9 Å². The predicted molar refractivity (Wildman–Crippen MR) is 109 cm³/mol. The minimum Gasteiger partial charge on any atom is -0.338 e. The van der Waals surface area contributed by atoms with Crippen LogP contribution in [0.1, 0.15) is 12.0 Å². The fraction of sp³-hybridized carbons (Fsp3) is 0.190. The van der Waals surface area contributed by atoms with E-state index in [0.29, 0.717) is 18.2 Å². The number of anilines is 1. The van der Waals surface area contributed by atoms with Crippen molar-refractivity contribution in [2.24, 2.45) is 7.05 Å². The van der Waals surface area contributed by atoms with E-state index in [1.165, 1.54) is 0 Å². The Kier molecular flexibility index (Phi) is 4.63. The van der Waals surface area contributed by atoms with E-state index in [2.05, 4.69) is 16.0 Å². The van der Waals surface area contributed by atoms with Gasteiger partial charge in [-0.1, -0.05) is 35.8 Å². The zero-order valence-electron chi connectivity index (χ0n) is 15.2. The van der Waals surface area contributed by atoms with Crippen LogP contribution < -0.4 is 15.9 Å². The summed E-state index contributed by atoms with van der Waals surface area (Å²) in [4.78, 5) is 23.5. The molecule has 1 aliphatic rings. The van der Waals surface area contributed by atoms with E-state index in [4.69, 9.17) is 12.8 Å². The third-order valence-corrected chi connectivity index (χ3v) is 4.83. The van der Waals surface area contributed by atoms with E-state index in [1.807, 2.05) is 36.4 Å². The van der Waals surface area contributed by atoms with E-state index in [-0.39, 0.29) is 5.56 Å². The Balaban J connectivity index is 1.72. The third-order valence-electron chi connectivity index (χ3n) is 4.83. The van der Waals surface area contributed by atoms with E-state index in [1.54, 1.807) is 30.1 Å². The summed E-state index contributed by atoms with van der Waals surface area (Å²) in [5.74, 6) is 0.661. The summed E-state index contributed by atoms with van der Waals surface area (Å²) in [6, 6.07) is 13.1. The quantitative estimate of drug-likeness (QED) is 0.675. The Morgan fingerprint density at radius 3 is 2.67 bits per heavy atom. The van der Waals surface area contributed by atoms with Crippen LogP contribution >= 0.6 is 0 Å². The average Bonchev–Trinajstić information content (AvgIpc) is 2.71. The van der Waals surface area contributed by atoms with Gasteiger partial charge in [0.1, 0.15) is 7.85 Å². The number of pyridine rings is 1.